The van der Waals surface area contributed by atoms with Crippen LogP contribution in [0.2, 0.25) is 0 Å². The quantitative estimate of drug-likeness (QED) is 0.519. The molecule has 0 aliphatic carbocycles. The molecule has 0 bridgehead atoms. The fourth-order valence-electron chi connectivity index (χ4n) is 5.05. The lowest BCUT2D eigenvalue weighted by Crippen LogP contribution is -2.39. The van der Waals surface area contributed by atoms with Crippen LogP contribution in [0.3, 0.4) is 0 Å². The molecule has 34 heavy (non-hydrogen) atoms. The summed E-state index contributed by atoms with van der Waals surface area (Å²) in [4.78, 5) is 27.3. The maximum Gasteiger partial charge on any atom is 0.258 e. The molecule has 0 saturated carbocycles. The number of amides is 1. The van der Waals surface area contributed by atoms with Crippen molar-refractivity contribution in [2.75, 3.05) is 44.7 Å². The lowest BCUT2D eigenvalue weighted by Gasteiger charge is -2.26. The van der Waals surface area contributed by atoms with Gasteiger partial charge in [-0.2, -0.15) is 0 Å². The number of anilines is 1. The molecule has 2 aliphatic rings. The third-order valence-electron chi connectivity index (χ3n) is 6.94. The third kappa shape index (κ3) is 4.43. The Labute approximate surface area is 199 Å². The van der Waals surface area contributed by atoms with Crippen LogP contribution in [0.25, 0.3) is 22.3 Å². The molecule has 8 nitrogen and oxygen atoms in total. The predicted molar refractivity (Wildman–Crippen MR) is 132 cm³/mol. The van der Waals surface area contributed by atoms with Crippen LogP contribution in [0.4, 0.5) is 5.69 Å². The number of hydrogen-bond acceptors (Lipinski definition) is 7. The highest BCUT2D eigenvalue weighted by molar-refractivity contribution is 6.09. The molecule has 0 radical (unpaired) electrons. The van der Waals surface area contributed by atoms with E-state index in [1.165, 1.54) is 0 Å². The second-order valence-corrected chi connectivity index (χ2v) is 9.40. The molecule has 0 spiro atoms. The zero-order valence-electron chi connectivity index (χ0n) is 19.4. The second kappa shape index (κ2) is 9.56. The fraction of sp³-hybridized carbons (Fsp3) is 0.423. The number of hydrogen-bond donors (Lipinski definition) is 3. The van der Waals surface area contributed by atoms with Gasteiger partial charge in [-0.3, -0.25) is 9.78 Å². The van der Waals surface area contributed by atoms with Crippen molar-refractivity contribution >= 4 is 22.6 Å². The number of phenols is 1. The average molecular weight is 462 g/mol. The van der Waals surface area contributed by atoms with Gasteiger partial charge in [0.15, 0.2) is 0 Å². The van der Waals surface area contributed by atoms with Crippen LogP contribution in [0.5, 0.6) is 5.75 Å². The number of aromatic nitrogens is 2. The number of carbonyl (C=O) groups is 1. The summed E-state index contributed by atoms with van der Waals surface area (Å²) in [5.41, 5.74) is 3.97. The Bertz CT molecular complexity index is 1190. The molecule has 2 saturated heterocycles. The van der Waals surface area contributed by atoms with Crippen LogP contribution in [0.1, 0.15) is 29.6 Å². The molecule has 2 atom stereocenters. The summed E-state index contributed by atoms with van der Waals surface area (Å²) in [5, 5.41) is 23.1. The van der Waals surface area contributed by atoms with Gasteiger partial charge in [0.05, 0.1) is 28.7 Å². The molecular formula is C26H31N5O3. The number of pyridine rings is 2. The van der Waals surface area contributed by atoms with E-state index in [1.54, 1.807) is 29.3 Å². The Morgan fingerprint density at radius 1 is 1.26 bits per heavy atom. The van der Waals surface area contributed by atoms with Gasteiger partial charge in [-0.05, 0) is 50.1 Å². The maximum absolute atomic E-state index is 13.9. The summed E-state index contributed by atoms with van der Waals surface area (Å²) in [5.74, 6) is 0.272. The van der Waals surface area contributed by atoms with Crippen LogP contribution in [-0.2, 0) is 0 Å². The number of benzene rings is 1. The van der Waals surface area contributed by atoms with Crippen molar-refractivity contribution in [3.63, 3.8) is 0 Å². The molecule has 4 heterocycles. The lowest BCUT2D eigenvalue weighted by atomic mass is 10.1. The Balaban J connectivity index is 1.60. The maximum atomic E-state index is 13.9. The smallest absolute Gasteiger partial charge is 0.258 e. The first kappa shape index (κ1) is 22.6. The summed E-state index contributed by atoms with van der Waals surface area (Å²) in [6, 6.07) is 11.0. The topological polar surface area (TPSA) is 102 Å². The van der Waals surface area contributed by atoms with Gasteiger partial charge in [-0.1, -0.05) is 12.1 Å². The van der Waals surface area contributed by atoms with Crippen LogP contribution < -0.4 is 10.2 Å². The molecule has 8 heteroatoms. The molecule has 2 aromatic heterocycles. The number of fused-ring (bicyclic) bond motifs is 1. The first-order valence-corrected chi connectivity index (χ1v) is 12.0. The van der Waals surface area contributed by atoms with Crippen molar-refractivity contribution in [1.82, 2.24) is 20.2 Å². The van der Waals surface area contributed by atoms with E-state index in [0.29, 0.717) is 41.4 Å². The van der Waals surface area contributed by atoms with Crippen LogP contribution in [-0.4, -0.2) is 76.9 Å². The predicted octanol–water partition coefficient (Wildman–Crippen LogP) is 2.65. The normalized spacial score (nSPS) is 20.2. The SMILES string of the molecule is CN(C[C@@H]1CCCN1)C(=O)c1c(N2CCC(CO)C2)cnc2ccc(-c3cccc(O)c3)nc12. The van der Waals surface area contributed by atoms with Crippen molar-refractivity contribution < 1.29 is 15.0 Å². The van der Waals surface area contributed by atoms with Crippen LogP contribution >= 0.6 is 0 Å². The minimum absolute atomic E-state index is 0.0795. The molecular weight excluding hydrogens is 430 g/mol. The van der Waals surface area contributed by atoms with E-state index in [9.17, 15) is 15.0 Å². The minimum Gasteiger partial charge on any atom is -0.508 e. The number of rotatable bonds is 6. The number of aliphatic hydroxyl groups excluding tert-OH is 1. The molecule has 2 aliphatic heterocycles. The molecule has 178 valence electrons. The largest absolute Gasteiger partial charge is 0.508 e. The fourth-order valence-corrected chi connectivity index (χ4v) is 5.05. The Morgan fingerprint density at radius 2 is 2.15 bits per heavy atom. The standard InChI is InChI=1S/C26H31N5O3/c1-30(15-19-5-3-10-27-19)26(34)24-23(31-11-9-17(14-31)16-32)13-28-22-8-7-21(29-25(22)24)18-4-2-6-20(33)12-18/h2,4,6-8,12-13,17,19,27,32-33H,3,5,9-11,14-16H2,1H3/t17?,19-/m0/s1. The van der Waals surface area contributed by atoms with E-state index < -0.39 is 0 Å². The van der Waals surface area contributed by atoms with Gasteiger partial charge in [-0.25, -0.2) is 4.98 Å². The zero-order valence-corrected chi connectivity index (χ0v) is 19.4. The van der Waals surface area contributed by atoms with Gasteiger partial charge < -0.3 is 25.3 Å². The third-order valence-corrected chi connectivity index (χ3v) is 6.94. The summed E-state index contributed by atoms with van der Waals surface area (Å²) in [7, 11) is 1.85. The van der Waals surface area contributed by atoms with E-state index in [1.807, 2.05) is 25.2 Å². The summed E-state index contributed by atoms with van der Waals surface area (Å²) in [6.45, 7) is 3.20. The van der Waals surface area contributed by atoms with Gasteiger partial charge in [0.25, 0.3) is 5.91 Å². The van der Waals surface area contributed by atoms with Crippen LogP contribution in [0, 0.1) is 5.92 Å². The van der Waals surface area contributed by atoms with Crippen molar-refractivity contribution in [3.8, 4) is 17.0 Å². The van der Waals surface area contributed by atoms with E-state index >= 15 is 0 Å². The number of carbonyl (C=O) groups excluding carboxylic acids is 1. The van der Waals surface area contributed by atoms with Crippen molar-refractivity contribution in [2.24, 2.45) is 5.92 Å². The zero-order chi connectivity index (χ0) is 23.7. The Kier molecular flexibility index (Phi) is 6.34. The lowest BCUT2D eigenvalue weighted by molar-refractivity contribution is 0.0786. The molecule has 5 rings (SSSR count). The highest BCUT2D eigenvalue weighted by atomic mass is 16.3. The van der Waals surface area contributed by atoms with E-state index in [-0.39, 0.29) is 24.2 Å². The number of nitrogens with one attached hydrogen (secondary N) is 1. The first-order chi connectivity index (χ1) is 16.5. The van der Waals surface area contributed by atoms with Gasteiger partial charge in [0.2, 0.25) is 0 Å². The molecule has 3 aromatic rings. The molecule has 3 N–H and O–H groups in total. The summed E-state index contributed by atoms with van der Waals surface area (Å²) >= 11 is 0. The first-order valence-electron chi connectivity index (χ1n) is 12.0. The molecule has 2 fully saturated rings. The summed E-state index contributed by atoms with van der Waals surface area (Å²) in [6.07, 6.45) is 4.83. The Hall–Kier alpha value is -3.23. The number of aliphatic hydroxyl groups is 1. The molecule has 1 unspecified atom stereocenters. The Morgan fingerprint density at radius 3 is 2.88 bits per heavy atom. The average Bonchev–Trinajstić information content (AvgIpc) is 3.54. The van der Waals surface area contributed by atoms with Gasteiger partial charge in [0.1, 0.15) is 11.3 Å². The van der Waals surface area contributed by atoms with Gasteiger partial charge in [-0.15, -0.1) is 0 Å². The minimum atomic E-state index is -0.0795. The highest BCUT2D eigenvalue weighted by Crippen LogP contribution is 2.33. The highest BCUT2D eigenvalue weighted by Gasteiger charge is 2.30. The van der Waals surface area contributed by atoms with E-state index in [4.69, 9.17) is 4.98 Å². The molecule has 1 amide bonds. The van der Waals surface area contributed by atoms with E-state index in [2.05, 4.69) is 15.2 Å². The summed E-state index contributed by atoms with van der Waals surface area (Å²) < 4.78 is 0. The van der Waals surface area contributed by atoms with Crippen LogP contribution in [0.15, 0.2) is 42.6 Å². The van der Waals surface area contributed by atoms with Crippen molar-refractivity contribution in [1.29, 1.82) is 0 Å². The number of nitrogens with zero attached hydrogens (tertiary/aromatic N) is 4. The van der Waals surface area contributed by atoms with Crippen molar-refractivity contribution in [2.45, 2.75) is 25.3 Å². The van der Waals surface area contributed by atoms with Gasteiger partial charge in [0, 0.05) is 50.8 Å². The van der Waals surface area contributed by atoms with Crippen molar-refractivity contribution in [3.05, 3.63) is 48.2 Å². The number of phenolic OH excluding ortho intramolecular Hbond substituents is 1. The second-order valence-electron chi connectivity index (χ2n) is 9.40. The molecule has 1 aromatic carbocycles. The number of likely N-dealkylation sites (N-methyl/N-ethyl adjacent to an activating group) is 1. The van der Waals surface area contributed by atoms with E-state index in [0.717, 1.165) is 43.6 Å². The van der Waals surface area contributed by atoms with Gasteiger partial charge >= 0.3 is 0 Å². The number of aromatic hydroxyl groups is 1. The monoisotopic (exact) mass is 461 g/mol.